The topological polar surface area (TPSA) is 58.6 Å². The highest BCUT2D eigenvalue weighted by Crippen LogP contribution is 2.26. The Kier molecular flexibility index (Phi) is 7.84. The van der Waals surface area contributed by atoms with Crippen LogP contribution >= 0.6 is 23.2 Å². The molecule has 1 aromatic rings. The van der Waals surface area contributed by atoms with E-state index in [1.54, 1.807) is 24.5 Å². The summed E-state index contributed by atoms with van der Waals surface area (Å²) in [5, 5.41) is 13.8. The van der Waals surface area contributed by atoms with Crippen molar-refractivity contribution in [3.63, 3.8) is 0 Å². The van der Waals surface area contributed by atoms with Gasteiger partial charge in [0, 0.05) is 41.5 Å². The van der Waals surface area contributed by atoms with E-state index < -0.39 is 16.9 Å². The molecule has 0 aliphatic rings. The molecule has 20 heavy (non-hydrogen) atoms. The first kappa shape index (κ1) is 17.7. The molecule has 1 rings (SSSR count). The molecular weight excluding hydrogens is 321 g/mol. The van der Waals surface area contributed by atoms with Crippen LogP contribution in [0.5, 0.6) is 5.75 Å². The molecule has 2 N–H and O–H groups in total. The average Bonchev–Trinajstić information content (AvgIpc) is 2.37. The van der Waals surface area contributed by atoms with Gasteiger partial charge in [-0.3, -0.25) is 4.21 Å². The van der Waals surface area contributed by atoms with Gasteiger partial charge < -0.3 is 15.2 Å². The maximum absolute atomic E-state index is 11.0. The van der Waals surface area contributed by atoms with Gasteiger partial charge in [-0.25, -0.2) is 0 Å². The van der Waals surface area contributed by atoms with Gasteiger partial charge in [0.15, 0.2) is 0 Å². The quantitative estimate of drug-likeness (QED) is 0.761. The molecule has 0 amide bonds. The Labute approximate surface area is 131 Å². The number of hydrogen-bond acceptors (Lipinski definition) is 4. The highest BCUT2D eigenvalue weighted by atomic mass is 35.5. The molecule has 0 aromatic heterocycles. The predicted molar refractivity (Wildman–Crippen MR) is 84.4 cm³/mol. The number of aliphatic hydroxyl groups excluding tert-OH is 1. The average molecular weight is 340 g/mol. The summed E-state index contributed by atoms with van der Waals surface area (Å²) in [4.78, 5) is 0. The van der Waals surface area contributed by atoms with Crippen molar-refractivity contribution in [1.29, 1.82) is 0 Å². The molecule has 4 nitrogen and oxygen atoms in total. The zero-order valence-electron chi connectivity index (χ0n) is 11.4. The fourth-order valence-electron chi connectivity index (χ4n) is 1.57. The summed E-state index contributed by atoms with van der Waals surface area (Å²) < 4.78 is 16.5. The maximum atomic E-state index is 11.0. The molecule has 1 aromatic carbocycles. The maximum Gasteiger partial charge on any atom is 0.121 e. The second kappa shape index (κ2) is 8.85. The second-order valence-corrected chi connectivity index (χ2v) is 6.88. The van der Waals surface area contributed by atoms with Gasteiger partial charge in [-0.2, -0.15) is 0 Å². The van der Waals surface area contributed by atoms with E-state index in [1.807, 2.05) is 6.92 Å². The summed E-state index contributed by atoms with van der Waals surface area (Å²) in [6, 6.07) is 5.02. The molecule has 7 heteroatoms. The van der Waals surface area contributed by atoms with E-state index in [0.717, 1.165) is 0 Å². The van der Waals surface area contributed by atoms with Crippen molar-refractivity contribution in [1.82, 2.24) is 5.32 Å². The number of benzene rings is 1. The normalized spacial score (nSPS) is 15.7. The third kappa shape index (κ3) is 6.90. The highest BCUT2D eigenvalue weighted by molar-refractivity contribution is 7.84. The van der Waals surface area contributed by atoms with Crippen molar-refractivity contribution in [2.45, 2.75) is 19.1 Å². The number of ether oxygens (including phenoxy) is 1. The zero-order valence-corrected chi connectivity index (χ0v) is 13.8. The van der Waals surface area contributed by atoms with Gasteiger partial charge in [-0.15, -0.1) is 0 Å². The molecule has 0 aliphatic heterocycles. The van der Waals surface area contributed by atoms with Gasteiger partial charge in [0.1, 0.15) is 18.5 Å². The van der Waals surface area contributed by atoms with Crippen LogP contribution in [0.2, 0.25) is 10.0 Å². The van der Waals surface area contributed by atoms with Crippen LogP contribution in [0.25, 0.3) is 0 Å². The molecule has 0 aliphatic carbocycles. The lowest BCUT2D eigenvalue weighted by Crippen LogP contribution is -2.39. The van der Waals surface area contributed by atoms with Gasteiger partial charge in [0.25, 0.3) is 0 Å². The lowest BCUT2D eigenvalue weighted by Gasteiger charge is -2.17. The molecule has 0 saturated carbocycles. The monoisotopic (exact) mass is 339 g/mol. The first-order valence-electron chi connectivity index (χ1n) is 6.17. The Morgan fingerprint density at radius 3 is 2.70 bits per heavy atom. The first-order valence-corrected chi connectivity index (χ1v) is 8.66. The van der Waals surface area contributed by atoms with Crippen LogP contribution in [0.1, 0.15) is 6.92 Å². The minimum absolute atomic E-state index is 0.0838. The fraction of sp³-hybridized carbons (Fsp3) is 0.538. The highest BCUT2D eigenvalue weighted by Gasteiger charge is 2.09. The van der Waals surface area contributed by atoms with Crippen molar-refractivity contribution in [3.8, 4) is 5.75 Å². The lowest BCUT2D eigenvalue weighted by molar-refractivity contribution is 0.105. The summed E-state index contributed by atoms with van der Waals surface area (Å²) in [7, 11) is -0.851. The molecule has 0 fully saturated rings. The summed E-state index contributed by atoms with van der Waals surface area (Å²) in [6.07, 6.45) is 0.999. The molecular formula is C13H19Cl2NO3S. The summed E-state index contributed by atoms with van der Waals surface area (Å²) >= 11 is 11.7. The summed E-state index contributed by atoms with van der Waals surface area (Å²) in [5.41, 5.74) is 0. The van der Waals surface area contributed by atoms with Crippen LogP contribution in [-0.2, 0) is 10.8 Å². The van der Waals surface area contributed by atoms with Crippen LogP contribution in [0.3, 0.4) is 0 Å². The summed E-state index contributed by atoms with van der Waals surface area (Å²) in [5.74, 6) is 1.11. The van der Waals surface area contributed by atoms with Crippen molar-refractivity contribution in [2.24, 2.45) is 0 Å². The van der Waals surface area contributed by atoms with Crippen LogP contribution in [0.15, 0.2) is 18.2 Å². The van der Waals surface area contributed by atoms with Gasteiger partial charge >= 0.3 is 0 Å². The Morgan fingerprint density at radius 2 is 2.10 bits per heavy atom. The standard InChI is InChI=1S/C13H19Cl2NO3S/c1-9(8-20(2)18)16-6-10(17)7-19-11-3-4-12(14)13(15)5-11/h3-5,9-10,16-17H,6-8H2,1-2H3. The van der Waals surface area contributed by atoms with Crippen molar-refractivity contribution in [2.75, 3.05) is 25.2 Å². The van der Waals surface area contributed by atoms with E-state index in [9.17, 15) is 9.32 Å². The Balaban J connectivity index is 2.30. The molecule has 0 heterocycles. The first-order chi connectivity index (χ1) is 9.38. The largest absolute Gasteiger partial charge is 0.491 e. The smallest absolute Gasteiger partial charge is 0.121 e. The van der Waals surface area contributed by atoms with Gasteiger partial charge in [-0.1, -0.05) is 23.2 Å². The Morgan fingerprint density at radius 1 is 1.40 bits per heavy atom. The van der Waals surface area contributed by atoms with Crippen LogP contribution in [-0.4, -0.2) is 46.6 Å². The predicted octanol–water partition coefficient (Wildman–Crippen LogP) is 2.09. The van der Waals surface area contributed by atoms with E-state index in [2.05, 4.69) is 5.32 Å². The van der Waals surface area contributed by atoms with E-state index in [1.165, 1.54) is 0 Å². The fourth-order valence-corrected chi connectivity index (χ4v) is 2.68. The number of aliphatic hydroxyl groups is 1. The SMILES string of the molecule is CC(CS(C)=O)NCC(O)COc1ccc(Cl)c(Cl)c1. The second-order valence-electron chi connectivity index (χ2n) is 4.59. The van der Waals surface area contributed by atoms with E-state index in [-0.39, 0.29) is 12.6 Å². The van der Waals surface area contributed by atoms with E-state index in [0.29, 0.717) is 28.1 Å². The minimum Gasteiger partial charge on any atom is -0.491 e. The van der Waals surface area contributed by atoms with Crippen molar-refractivity contribution >= 4 is 34.0 Å². The molecule has 114 valence electrons. The molecule has 0 spiro atoms. The molecule has 0 radical (unpaired) electrons. The number of hydrogen-bond donors (Lipinski definition) is 2. The third-order valence-corrected chi connectivity index (χ3v) is 4.23. The Hall–Kier alpha value is -0.330. The molecule has 0 saturated heterocycles. The molecule has 3 atom stereocenters. The molecule has 3 unspecified atom stereocenters. The van der Waals surface area contributed by atoms with Crippen LogP contribution in [0, 0.1) is 0 Å². The zero-order chi connectivity index (χ0) is 15.1. The lowest BCUT2D eigenvalue weighted by atomic mass is 10.3. The number of rotatable bonds is 8. The van der Waals surface area contributed by atoms with Gasteiger partial charge in [0.05, 0.1) is 10.0 Å². The Bertz CT molecular complexity index is 459. The van der Waals surface area contributed by atoms with Gasteiger partial charge in [0.2, 0.25) is 0 Å². The van der Waals surface area contributed by atoms with Crippen LogP contribution in [0.4, 0.5) is 0 Å². The molecule has 0 bridgehead atoms. The third-order valence-electron chi connectivity index (χ3n) is 2.52. The van der Waals surface area contributed by atoms with Crippen molar-refractivity contribution < 1.29 is 14.1 Å². The number of halogens is 2. The van der Waals surface area contributed by atoms with E-state index in [4.69, 9.17) is 27.9 Å². The number of nitrogens with one attached hydrogen (secondary N) is 1. The van der Waals surface area contributed by atoms with Crippen LogP contribution < -0.4 is 10.1 Å². The summed E-state index contributed by atoms with van der Waals surface area (Å²) in [6.45, 7) is 2.44. The van der Waals surface area contributed by atoms with Gasteiger partial charge in [-0.05, 0) is 19.1 Å². The van der Waals surface area contributed by atoms with E-state index >= 15 is 0 Å². The minimum atomic E-state index is -0.851. The van der Waals surface area contributed by atoms with Crippen molar-refractivity contribution in [3.05, 3.63) is 28.2 Å².